The first-order chi connectivity index (χ1) is 9.11. The van der Waals surface area contributed by atoms with Crippen LogP contribution in [0.1, 0.15) is 5.56 Å². The summed E-state index contributed by atoms with van der Waals surface area (Å²) < 4.78 is 6.12. The summed E-state index contributed by atoms with van der Waals surface area (Å²) in [6, 6.07) is 12.9. The minimum atomic E-state index is -0.501. The van der Waals surface area contributed by atoms with Crippen molar-refractivity contribution in [3.8, 4) is 17.6 Å². The highest BCUT2D eigenvalue weighted by molar-refractivity contribution is 9.10. The van der Waals surface area contributed by atoms with Gasteiger partial charge < -0.3 is 4.74 Å². The van der Waals surface area contributed by atoms with Crippen molar-refractivity contribution in [2.75, 3.05) is 0 Å². The third kappa shape index (κ3) is 2.89. The van der Waals surface area contributed by atoms with E-state index in [4.69, 9.17) is 10.00 Å². The van der Waals surface area contributed by atoms with Gasteiger partial charge in [0.15, 0.2) is 0 Å². The Morgan fingerprint density at radius 3 is 2.68 bits per heavy atom. The van der Waals surface area contributed by atoms with Crippen molar-refractivity contribution in [2.45, 2.75) is 0 Å². The van der Waals surface area contributed by atoms with Crippen LogP contribution in [0.2, 0.25) is 0 Å². The van der Waals surface area contributed by atoms with E-state index in [2.05, 4.69) is 15.9 Å². The Morgan fingerprint density at radius 2 is 2.00 bits per heavy atom. The zero-order valence-electron chi connectivity index (χ0n) is 9.54. The van der Waals surface area contributed by atoms with E-state index in [1.165, 1.54) is 18.2 Å². The topological polar surface area (TPSA) is 76.2 Å². The normalized spacial score (nSPS) is 9.68. The third-order valence-corrected chi connectivity index (χ3v) is 3.00. The second-order valence-corrected chi connectivity index (χ2v) is 4.44. The SMILES string of the molecule is N#Cc1c(Br)cccc1Oc1cccc([N+](=O)[O-])c1. The predicted molar refractivity (Wildman–Crippen MR) is 72.0 cm³/mol. The second kappa shape index (κ2) is 5.50. The third-order valence-electron chi connectivity index (χ3n) is 2.34. The quantitative estimate of drug-likeness (QED) is 0.632. The molecule has 94 valence electrons. The number of nitriles is 1. The highest BCUT2D eigenvalue weighted by Gasteiger charge is 2.11. The first-order valence-electron chi connectivity index (χ1n) is 5.22. The molecule has 0 aliphatic carbocycles. The summed E-state index contributed by atoms with van der Waals surface area (Å²) in [5.74, 6) is 0.654. The molecule has 0 aliphatic rings. The van der Waals surface area contributed by atoms with Crippen molar-refractivity contribution in [3.63, 3.8) is 0 Å². The molecule has 0 heterocycles. The molecule has 0 amide bonds. The van der Waals surface area contributed by atoms with Gasteiger partial charge in [0.1, 0.15) is 23.1 Å². The summed E-state index contributed by atoms with van der Waals surface area (Å²) >= 11 is 3.25. The Balaban J connectivity index is 2.37. The van der Waals surface area contributed by atoms with Gasteiger partial charge in [0, 0.05) is 10.5 Å². The van der Waals surface area contributed by atoms with Crippen molar-refractivity contribution in [3.05, 3.63) is 62.6 Å². The number of ether oxygens (including phenoxy) is 1. The number of halogens is 1. The van der Waals surface area contributed by atoms with Crippen LogP contribution in [-0.4, -0.2) is 4.92 Å². The molecule has 0 saturated heterocycles. The molecule has 19 heavy (non-hydrogen) atoms. The average molecular weight is 319 g/mol. The van der Waals surface area contributed by atoms with Gasteiger partial charge in [-0.1, -0.05) is 12.1 Å². The molecule has 5 nitrogen and oxygen atoms in total. The van der Waals surface area contributed by atoms with Crippen LogP contribution in [-0.2, 0) is 0 Å². The van der Waals surface area contributed by atoms with Gasteiger partial charge in [-0.15, -0.1) is 0 Å². The summed E-state index contributed by atoms with van der Waals surface area (Å²) in [5.41, 5.74) is 0.278. The predicted octanol–water partition coefficient (Wildman–Crippen LogP) is 4.02. The lowest BCUT2D eigenvalue weighted by Gasteiger charge is -2.07. The van der Waals surface area contributed by atoms with Crippen LogP contribution in [0.4, 0.5) is 5.69 Å². The molecule has 0 saturated carbocycles. The largest absolute Gasteiger partial charge is 0.456 e. The second-order valence-electron chi connectivity index (χ2n) is 3.58. The van der Waals surface area contributed by atoms with Crippen molar-refractivity contribution >= 4 is 21.6 Å². The molecular formula is C13H7BrN2O3. The average Bonchev–Trinajstić information content (AvgIpc) is 2.39. The first-order valence-corrected chi connectivity index (χ1v) is 6.02. The molecule has 0 aliphatic heterocycles. The molecule has 6 heteroatoms. The van der Waals surface area contributed by atoms with E-state index in [1.807, 2.05) is 6.07 Å². The van der Waals surface area contributed by atoms with Gasteiger partial charge in [0.05, 0.1) is 11.0 Å². The lowest BCUT2D eigenvalue weighted by atomic mass is 10.2. The molecule has 0 spiro atoms. The Bertz CT molecular complexity index is 680. The fourth-order valence-electron chi connectivity index (χ4n) is 1.49. The van der Waals surface area contributed by atoms with Crippen LogP contribution >= 0.6 is 15.9 Å². The summed E-state index contributed by atoms with van der Waals surface area (Å²) in [6.07, 6.45) is 0. The zero-order chi connectivity index (χ0) is 13.8. The van der Waals surface area contributed by atoms with Gasteiger partial charge in [-0.05, 0) is 34.1 Å². The van der Waals surface area contributed by atoms with E-state index in [0.29, 0.717) is 21.5 Å². The molecular weight excluding hydrogens is 312 g/mol. The van der Waals surface area contributed by atoms with Crippen molar-refractivity contribution in [1.29, 1.82) is 5.26 Å². The van der Waals surface area contributed by atoms with Gasteiger partial charge in [0.2, 0.25) is 0 Å². The van der Waals surface area contributed by atoms with Gasteiger partial charge in [-0.2, -0.15) is 5.26 Å². The number of nitro groups is 1. The lowest BCUT2D eigenvalue weighted by molar-refractivity contribution is -0.384. The highest BCUT2D eigenvalue weighted by Crippen LogP contribution is 2.31. The van der Waals surface area contributed by atoms with Crippen molar-refractivity contribution in [1.82, 2.24) is 0 Å². The Kier molecular flexibility index (Phi) is 3.78. The fraction of sp³-hybridized carbons (Fsp3) is 0. The van der Waals surface area contributed by atoms with Gasteiger partial charge in [-0.25, -0.2) is 0 Å². The molecule has 0 aromatic heterocycles. The summed E-state index contributed by atoms with van der Waals surface area (Å²) in [6.45, 7) is 0. The molecule has 2 aromatic rings. The minimum absolute atomic E-state index is 0.0639. The number of rotatable bonds is 3. The van der Waals surface area contributed by atoms with Gasteiger partial charge in [-0.3, -0.25) is 10.1 Å². The minimum Gasteiger partial charge on any atom is -0.456 e. The Labute approximate surface area is 117 Å². The van der Waals surface area contributed by atoms with Crippen LogP contribution in [0.5, 0.6) is 11.5 Å². The number of nitro benzene ring substituents is 1. The van der Waals surface area contributed by atoms with E-state index in [0.717, 1.165) is 0 Å². The molecule has 0 unspecified atom stereocenters. The maximum Gasteiger partial charge on any atom is 0.273 e. The number of hydrogen-bond acceptors (Lipinski definition) is 4. The summed E-state index contributed by atoms with van der Waals surface area (Å²) in [4.78, 5) is 10.2. The first kappa shape index (κ1) is 13.1. The Morgan fingerprint density at radius 1 is 1.26 bits per heavy atom. The zero-order valence-corrected chi connectivity index (χ0v) is 11.1. The van der Waals surface area contributed by atoms with E-state index in [-0.39, 0.29) is 5.69 Å². The molecule has 2 aromatic carbocycles. The number of non-ortho nitro benzene ring substituents is 1. The van der Waals surface area contributed by atoms with E-state index in [9.17, 15) is 10.1 Å². The fourth-order valence-corrected chi connectivity index (χ4v) is 1.92. The van der Waals surface area contributed by atoms with E-state index >= 15 is 0 Å². The molecule has 2 rings (SSSR count). The summed E-state index contributed by atoms with van der Waals surface area (Å²) in [7, 11) is 0. The van der Waals surface area contributed by atoms with E-state index < -0.39 is 4.92 Å². The molecule has 0 fully saturated rings. The van der Waals surface area contributed by atoms with Crippen LogP contribution in [0, 0.1) is 21.4 Å². The summed E-state index contributed by atoms with van der Waals surface area (Å²) in [5, 5.41) is 19.7. The van der Waals surface area contributed by atoms with Gasteiger partial charge >= 0.3 is 0 Å². The smallest absolute Gasteiger partial charge is 0.273 e. The number of benzene rings is 2. The molecule has 0 N–H and O–H groups in total. The monoisotopic (exact) mass is 318 g/mol. The molecule has 0 atom stereocenters. The van der Waals surface area contributed by atoms with Crippen LogP contribution in [0.25, 0.3) is 0 Å². The van der Waals surface area contributed by atoms with Crippen LogP contribution in [0.15, 0.2) is 46.9 Å². The number of nitrogens with zero attached hydrogens (tertiary/aromatic N) is 2. The van der Waals surface area contributed by atoms with E-state index in [1.54, 1.807) is 24.3 Å². The maximum atomic E-state index is 10.7. The van der Waals surface area contributed by atoms with Crippen LogP contribution < -0.4 is 4.74 Å². The maximum absolute atomic E-state index is 10.7. The lowest BCUT2D eigenvalue weighted by Crippen LogP contribution is -1.91. The molecule has 0 radical (unpaired) electrons. The molecule has 0 bridgehead atoms. The van der Waals surface area contributed by atoms with Crippen molar-refractivity contribution in [2.24, 2.45) is 0 Å². The number of hydrogen-bond donors (Lipinski definition) is 0. The Hall–Kier alpha value is -2.39. The highest BCUT2D eigenvalue weighted by atomic mass is 79.9. The van der Waals surface area contributed by atoms with Crippen molar-refractivity contribution < 1.29 is 9.66 Å². The van der Waals surface area contributed by atoms with Crippen LogP contribution in [0.3, 0.4) is 0 Å². The van der Waals surface area contributed by atoms with Gasteiger partial charge in [0.25, 0.3) is 5.69 Å². The standard InChI is InChI=1S/C13H7BrN2O3/c14-12-5-2-6-13(11(12)8-15)19-10-4-1-3-9(7-10)16(17)18/h1-7H.